The van der Waals surface area contributed by atoms with Gasteiger partial charge in [-0.15, -0.1) is 0 Å². The largest absolute Gasteiger partial charge is 0.356 e. The highest BCUT2D eigenvalue weighted by molar-refractivity contribution is 6.24. The zero-order chi connectivity index (χ0) is 29.0. The lowest BCUT2D eigenvalue weighted by Gasteiger charge is -2.36. The average Bonchev–Trinajstić information content (AvgIpc) is 3.50. The summed E-state index contributed by atoms with van der Waals surface area (Å²) in [6.07, 6.45) is 5.71. The van der Waals surface area contributed by atoms with E-state index in [0.717, 1.165) is 53.4 Å². The Balaban J connectivity index is 1.30. The van der Waals surface area contributed by atoms with E-state index in [9.17, 15) is 14.4 Å². The number of nitrogens with one attached hydrogen (secondary N) is 2. The van der Waals surface area contributed by atoms with Gasteiger partial charge in [-0.05, 0) is 53.6 Å². The Labute approximate surface area is 245 Å². The number of rotatable bonds is 5. The van der Waals surface area contributed by atoms with Crippen LogP contribution in [0.15, 0.2) is 72.8 Å². The van der Waals surface area contributed by atoms with Crippen molar-refractivity contribution < 1.29 is 14.4 Å². The summed E-state index contributed by atoms with van der Waals surface area (Å²) in [7, 11) is 0. The predicted octanol–water partition coefficient (Wildman–Crippen LogP) is 6.84. The fourth-order valence-corrected chi connectivity index (χ4v) is 7.08. The highest BCUT2D eigenvalue weighted by Crippen LogP contribution is 2.45. The summed E-state index contributed by atoms with van der Waals surface area (Å²) in [5.74, 6) is -0.152. The highest BCUT2D eigenvalue weighted by atomic mass is 16.2. The maximum Gasteiger partial charge on any atom is 0.332 e. The molecule has 0 radical (unpaired) electrons. The van der Waals surface area contributed by atoms with E-state index >= 15 is 0 Å². The molecule has 7 rings (SSSR count). The van der Waals surface area contributed by atoms with Crippen molar-refractivity contribution in [2.45, 2.75) is 76.4 Å². The molecule has 1 aromatic heterocycles. The van der Waals surface area contributed by atoms with Crippen LogP contribution in [0, 0.1) is 0 Å². The van der Waals surface area contributed by atoms with E-state index in [2.05, 4.69) is 54.5 Å². The highest BCUT2D eigenvalue weighted by Gasteiger charge is 2.53. The quantitative estimate of drug-likeness (QED) is 0.262. The van der Waals surface area contributed by atoms with Crippen LogP contribution in [0.4, 0.5) is 10.5 Å². The minimum Gasteiger partial charge on any atom is -0.356 e. The van der Waals surface area contributed by atoms with Crippen LogP contribution >= 0.6 is 0 Å². The van der Waals surface area contributed by atoms with Crippen molar-refractivity contribution >= 4 is 34.4 Å². The first-order chi connectivity index (χ1) is 20.4. The van der Waals surface area contributed by atoms with Crippen LogP contribution in [-0.4, -0.2) is 39.8 Å². The topological polar surface area (TPSA) is 85.5 Å². The molecule has 7 heteroatoms. The second kappa shape index (κ2) is 10.5. The van der Waals surface area contributed by atoms with Gasteiger partial charge in [0.15, 0.2) is 0 Å². The first kappa shape index (κ1) is 26.5. The van der Waals surface area contributed by atoms with E-state index in [0.29, 0.717) is 23.6 Å². The van der Waals surface area contributed by atoms with Gasteiger partial charge in [-0.1, -0.05) is 87.7 Å². The molecule has 214 valence electrons. The van der Waals surface area contributed by atoms with Gasteiger partial charge in [-0.25, -0.2) is 9.69 Å². The molecule has 1 aliphatic carbocycles. The number of hydrogen-bond acceptors (Lipinski definition) is 3. The number of urea groups is 1. The summed E-state index contributed by atoms with van der Waals surface area (Å²) >= 11 is 0. The summed E-state index contributed by atoms with van der Waals surface area (Å²) in [5.41, 5.74) is 5.86. The lowest BCUT2D eigenvalue weighted by molar-refractivity contribution is -0.120. The Morgan fingerprint density at radius 2 is 1.62 bits per heavy atom. The number of imide groups is 1. The number of carbonyl (C=O) groups excluding carboxylic acids is 3. The van der Waals surface area contributed by atoms with Gasteiger partial charge in [0.05, 0.1) is 11.3 Å². The van der Waals surface area contributed by atoms with Crippen LogP contribution < -0.4 is 10.2 Å². The van der Waals surface area contributed by atoms with E-state index in [-0.39, 0.29) is 17.9 Å². The number of carbonyl (C=O) groups is 3. The van der Waals surface area contributed by atoms with Crippen LogP contribution in [0.1, 0.15) is 90.7 Å². The summed E-state index contributed by atoms with van der Waals surface area (Å²) in [6.45, 7) is 4.31. The maximum atomic E-state index is 14.4. The molecule has 0 bridgehead atoms. The number of para-hydroxylation sites is 2. The van der Waals surface area contributed by atoms with Crippen molar-refractivity contribution in [1.29, 1.82) is 0 Å². The Morgan fingerprint density at radius 1 is 0.905 bits per heavy atom. The zero-order valence-corrected chi connectivity index (χ0v) is 24.1. The van der Waals surface area contributed by atoms with E-state index in [1.54, 1.807) is 29.2 Å². The van der Waals surface area contributed by atoms with E-state index in [1.165, 1.54) is 16.9 Å². The second-order valence-corrected chi connectivity index (χ2v) is 12.2. The molecule has 2 N–H and O–H groups in total. The zero-order valence-electron chi connectivity index (χ0n) is 24.1. The Kier molecular flexibility index (Phi) is 6.60. The SMILES string of the molecule is CC(C)c1ccc(C2c3[nH]c4ccccc4c3CC3C(=O)N(c4ccccc4C(=O)NC4CCCCC4)C(=O)N32)cc1. The summed E-state index contributed by atoms with van der Waals surface area (Å²) in [6, 6.07) is 22.0. The monoisotopic (exact) mass is 560 g/mol. The summed E-state index contributed by atoms with van der Waals surface area (Å²) in [4.78, 5) is 48.7. The van der Waals surface area contributed by atoms with Crippen molar-refractivity contribution in [2.24, 2.45) is 0 Å². The van der Waals surface area contributed by atoms with Gasteiger partial charge < -0.3 is 10.3 Å². The first-order valence-corrected chi connectivity index (χ1v) is 15.2. The minimum atomic E-state index is -0.673. The van der Waals surface area contributed by atoms with E-state index in [1.807, 2.05) is 18.2 Å². The molecule has 0 spiro atoms. The number of H-pyrrole nitrogens is 1. The Morgan fingerprint density at radius 3 is 2.38 bits per heavy atom. The lowest BCUT2D eigenvalue weighted by Crippen LogP contribution is -2.44. The maximum absolute atomic E-state index is 14.4. The first-order valence-electron chi connectivity index (χ1n) is 15.2. The molecule has 3 heterocycles. The number of hydrogen-bond donors (Lipinski definition) is 2. The predicted molar refractivity (Wildman–Crippen MR) is 164 cm³/mol. The Bertz CT molecular complexity index is 1680. The van der Waals surface area contributed by atoms with Crippen molar-refractivity contribution in [1.82, 2.24) is 15.2 Å². The van der Waals surface area contributed by atoms with E-state index < -0.39 is 18.1 Å². The van der Waals surface area contributed by atoms with Gasteiger partial charge in [0, 0.05) is 29.1 Å². The number of anilines is 1. The molecule has 7 nitrogen and oxygen atoms in total. The number of aromatic nitrogens is 1. The van der Waals surface area contributed by atoms with Crippen molar-refractivity contribution in [3.8, 4) is 0 Å². The molecule has 42 heavy (non-hydrogen) atoms. The minimum absolute atomic E-state index is 0.118. The molecule has 2 unspecified atom stereocenters. The third-order valence-electron chi connectivity index (χ3n) is 9.30. The molecule has 2 atom stereocenters. The standard InChI is InChI=1S/C35H36N4O3/c1-21(2)22-16-18-23(19-17-22)32-31-27(25-12-6-8-14-28(25)37-31)20-30-34(41)39(35(42)38(30)32)29-15-9-7-13-26(29)33(40)36-24-10-4-3-5-11-24/h6-9,12-19,21,24,30,32,37H,3-5,10-11,20H2,1-2H3,(H,36,40). The summed E-state index contributed by atoms with van der Waals surface area (Å²) in [5, 5.41) is 4.23. The van der Waals surface area contributed by atoms with Gasteiger partial charge in [-0.3, -0.25) is 14.5 Å². The summed E-state index contributed by atoms with van der Waals surface area (Å²) < 4.78 is 0. The van der Waals surface area contributed by atoms with Gasteiger partial charge in [-0.2, -0.15) is 0 Å². The van der Waals surface area contributed by atoms with Crippen LogP contribution in [-0.2, 0) is 11.2 Å². The normalized spacial score (nSPS) is 20.7. The molecule has 2 aliphatic heterocycles. The molecule has 2 fully saturated rings. The van der Waals surface area contributed by atoms with Crippen LogP contribution in [0.2, 0.25) is 0 Å². The number of aromatic amines is 1. The second-order valence-electron chi connectivity index (χ2n) is 12.2. The number of nitrogens with zero attached hydrogens (tertiary/aromatic N) is 2. The van der Waals surface area contributed by atoms with E-state index in [4.69, 9.17) is 0 Å². The van der Waals surface area contributed by atoms with Gasteiger partial charge >= 0.3 is 6.03 Å². The number of benzene rings is 3. The third kappa shape index (κ3) is 4.30. The van der Waals surface area contributed by atoms with Crippen molar-refractivity contribution in [3.05, 3.63) is 101 Å². The number of fused-ring (bicyclic) bond motifs is 4. The van der Waals surface area contributed by atoms with Gasteiger partial charge in [0.25, 0.3) is 11.8 Å². The Hall–Kier alpha value is -4.39. The molecular formula is C35H36N4O3. The molecule has 1 saturated carbocycles. The smallest absolute Gasteiger partial charge is 0.332 e. The molecule has 4 amide bonds. The molecule has 3 aromatic carbocycles. The van der Waals surface area contributed by atoms with Gasteiger partial charge in [0.2, 0.25) is 0 Å². The number of amides is 4. The van der Waals surface area contributed by atoms with Gasteiger partial charge in [0.1, 0.15) is 12.1 Å². The fourth-order valence-electron chi connectivity index (χ4n) is 7.08. The van der Waals surface area contributed by atoms with Crippen LogP contribution in [0.3, 0.4) is 0 Å². The third-order valence-corrected chi connectivity index (χ3v) is 9.30. The average molecular weight is 561 g/mol. The molecular weight excluding hydrogens is 524 g/mol. The molecule has 3 aliphatic rings. The van der Waals surface area contributed by atoms with Crippen LogP contribution in [0.5, 0.6) is 0 Å². The fraction of sp³-hybridized carbons (Fsp3) is 0.343. The molecule has 4 aromatic rings. The van der Waals surface area contributed by atoms with Crippen molar-refractivity contribution in [2.75, 3.05) is 4.90 Å². The van der Waals surface area contributed by atoms with Crippen LogP contribution in [0.25, 0.3) is 10.9 Å². The lowest BCUT2D eigenvalue weighted by atomic mass is 9.88. The molecule has 1 saturated heterocycles. The van der Waals surface area contributed by atoms with Crippen molar-refractivity contribution in [3.63, 3.8) is 0 Å².